The third kappa shape index (κ3) is 3.23. The van der Waals surface area contributed by atoms with Crippen molar-refractivity contribution in [3.05, 3.63) is 59.1 Å². The number of aryl methyl sites for hydroxylation is 1. The summed E-state index contributed by atoms with van der Waals surface area (Å²) in [5.41, 5.74) is 4.13. The number of nitriles is 1. The maximum atomic E-state index is 12.7. The van der Waals surface area contributed by atoms with Crippen LogP contribution in [0, 0.1) is 23.2 Å². The van der Waals surface area contributed by atoms with Gasteiger partial charge in [-0.25, -0.2) is 9.97 Å². The van der Waals surface area contributed by atoms with Crippen LogP contribution in [0.2, 0.25) is 0 Å². The number of aromatic nitrogens is 5. The van der Waals surface area contributed by atoms with E-state index in [0.29, 0.717) is 17.7 Å². The van der Waals surface area contributed by atoms with E-state index in [-0.39, 0.29) is 11.9 Å². The Bertz CT molecular complexity index is 1240. The molecule has 1 saturated heterocycles. The van der Waals surface area contributed by atoms with E-state index in [1.807, 2.05) is 23.9 Å². The summed E-state index contributed by atoms with van der Waals surface area (Å²) >= 11 is 0. The van der Waals surface area contributed by atoms with Crippen molar-refractivity contribution in [2.24, 2.45) is 18.9 Å². The number of pyridine rings is 1. The molecule has 4 heterocycles. The second-order valence-corrected chi connectivity index (χ2v) is 9.17. The normalized spacial score (nSPS) is 23.0. The quantitative estimate of drug-likeness (QED) is 0.665. The average molecular weight is 429 g/mol. The second-order valence-electron chi connectivity index (χ2n) is 9.17. The molecule has 1 amide bonds. The van der Waals surface area contributed by atoms with Gasteiger partial charge in [0.1, 0.15) is 11.9 Å². The van der Waals surface area contributed by atoms with Crippen LogP contribution >= 0.6 is 0 Å². The smallest absolute Gasteiger partial charge is 0.255 e. The van der Waals surface area contributed by atoms with Gasteiger partial charge < -0.3 is 14.8 Å². The van der Waals surface area contributed by atoms with Gasteiger partial charge in [0.2, 0.25) is 0 Å². The molecule has 3 aromatic rings. The highest BCUT2D eigenvalue weighted by molar-refractivity contribution is 5.94. The van der Waals surface area contributed by atoms with Crippen LogP contribution in [0.25, 0.3) is 0 Å². The van der Waals surface area contributed by atoms with Gasteiger partial charge in [-0.2, -0.15) is 10.4 Å². The SMILES string of the molecule is Cn1cnc2c1CC[C@H]2NC(=O)c1cnn(Cc2cnc(N3CC4CC4C3)c(C#N)c2)c1. The minimum absolute atomic E-state index is 0.0615. The van der Waals surface area contributed by atoms with E-state index in [2.05, 4.69) is 31.4 Å². The number of piperidine rings is 1. The number of hydrogen-bond acceptors (Lipinski definition) is 6. The van der Waals surface area contributed by atoms with Crippen molar-refractivity contribution in [2.45, 2.75) is 31.8 Å². The summed E-state index contributed by atoms with van der Waals surface area (Å²) in [6, 6.07) is 4.12. The first-order valence-corrected chi connectivity index (χ1v) is 11.1. The fourth-order valence-electron chi connectivity index (χ4n) is 5.12. The van der Waals surface area contributed by atoms with E-state index in [0.717, 1.165) is 54.8 Å². The molecule has 2 fully saturated rings. The molecule has 32 heavy (non-hydrogen) atoms. The Morgan fingerprint density at radius 1 is 1.28 bits per heavy atom. The number of carbonyl (C=O) groups excluding carboxylic acids is 1. The average Bonchev–Trinajstić information content (AvgIpc) is 3.26. The van der Waals surface area contributed by atoms with Gasteiger partial charge in [0.05, 0.1) is 41.9 Å². The molecule has 2 aliphatic carbocycles. The van der Waals surface area contributed by atoms with Gasteiger partial charge in [-0.1, -0.05) is 0 Å². The summed E-state index contributed by atoms with van der Waals surface area (Å²) in [6.45, 7) is 2.46. The highest BCUT2D eigenvalue weighted by Crippen LogP contribution is 2.46. The van der Waals surface area contributed by atoms with Crippen LogP contribution in [-0.4, -0.2) is 43.3 Å². The van der Waals surface area contributed by atoms with Gasteiger partial charge >= 0.3 is 0 Å². The molecule has 1 saturated carbocycles. The molecule has 2 unspecified atom stereocenters. The molecule has 9 heteroatoms. The van der Waals surface area contributed by atoms with Crippen molar-refractivity contribution >= 4 is 11.7 Å². The maximum Gasteiger partial charge on any atom is 0.255 e. The summed E-state index contributed by atoms with van der Waals surface area (Å²) < 4.78 is 3.72. The first-order valence-electron chi connectivity index (χ1n) is 11.1. The lowest BCUT2D eigenvalue weighted by atomic mass is 10.2. The Hall–Kier alpha value is -3.67. The third-order valence-electron chi connectivity index (χ3n) is 6.96. The number of hydrogen-bond donors (Lipinski definition) is 1. The summed E-state index contributed by atoms with van der Waals surface area (Å²) in [7, 11) is 1.98. The van der Waals surface area contributed by atoms with Crippen molar-refractivity contribution < 1.29 is 4.79 Å². The predicted molar refractivity (Wildman–Crippen MR) is 116 cm³/mol. The number of fused-ring (bicyclic) bond motifs is 2. The molecule has 3 aromatic heterocycles. The van der Waals surface area contributed by atoms with Gasteiger partial charge in [-0.3, -0.25) is 9.48 Å². The van der Waals surface area contributed by atoms with E-state index in [9.17, 15) is 10.1 Å². The molecule has 0 bridgehead atoms. The highest BCUT2D eigenvalue weighted by atomic mass is 16.1. The maximum absolute atomic E-state index is 12.7. The van der Waals surface area contributed by atoms with Crippen molar-refractivity contribution in [3.8, 4) is 6.07 Å². The number of amides is 1. The minimum atomic E-state index is -0.154. The minimum Gasteiger partial charge on any atom is -0.355 e. The van der Waals surface area contributed by atoms with Gasteiger partial charge in [-0.05, 0) is 42.7 Å². The van der Waals surface area contributed by atoms with Crippen LogP contribution in [-0.2, 0) is 20.0 Å². The number of nitrogens with one attached hydrogen (secondary N) is 1. The first kappa shape index (κ1) is 19.0. The van der Waals surface area contributed by atoms with E-state index in [1.165, 1.54) is 12.1 Å². The number of carbonyl (C=O) groups is 1. The topological polar surface area (TPSA) is 105 Å². The second kappa shape index (κ2) is 7.19. The van der Waals surface area contributed by atoms with Gasteiger partial charge in [0, 0.05) is 38.2 Å². The Morgan fingerprint density at radius 3 is 2.94 bits per heavy atom. The zero-order chi connectivity index (χ0) is 21.8. The molecule has 3 aliphatic rings. The van der Waals surface area contributed by atoms with Crippen LogP contribution in [0.3, 0.4) is 0 Å². The lowest BCUT2D eigenvalue weighted by Crippen LogP contribution is -2.27. The molecular formula is C23H24N8O. The molecule has 162 valence electrons. The number of imidazole rings is 1. The van der Waals surface area contributed by atoms with Crippen LogP contribution < -0.4 is 10.2 Å². The molecule has 1 aliphatic heterocycles. The Morgan fingerprint density at radius 2 is 2.12 bits per heavy atom. The van der Waals surface area contributed by atoms with Gasteiger partial charge in [0.15, 0.2) is 0 Å². The Balaban J connectivity index is 1.13. The van der Waals surface area contributed by atoms with Gasteiger partial charge in [0.25, 0.3) is 5.91 Å². The molecule has 6 rings (SSSR count). The van der Waals surface area contributed by atoms with E-state index < -0.39 is 0 Å². The van der Waals surface area contributed by atoms with Crippen LogP contribution in [0.15, 0.2) is 31.0 Å². The van der Waals surface area contributed by atoms with Crippen LogP contribution in [0.4, 0.5) is 5.82 Å². The highest BCUT2D eigenvalue weighted by Gasteiger charge is 2.45. The standard InChI is InChI=1S/C23H24N8O/c1-29-13-26-21-19(2-3-20(21)29)28-23(32)18-8-27-31(12-18)9-14-4-15(6-24)22(25-7-14)30-10-16-5-17(16)11-30/h4,7-8,12-13,16-17,19H,2-3,5,9-11H2,1H3,(H,28,32)/t16?,17?,19-/m1/s1. The molecule has 1 N–H and O–H groups in total. The van der Waals surface area contributed by atoms with Crippen molar-refractivity contribution in [3.63, 3.8) is 0 Å². The van der Waals surface area contributed by atoms with Crippen molar-refractivity contribution in [2.75, 3.05) is 18.0 Å². The fourth-order valence-corrected chi connectivity index (χ4v) is 5.12. The van der Waals surface area contributed by atoms with Gasteiger partial charge in [-0.15, -0.1) is 0 Å². The molecule has 9 nitrogen and oxygen atoms in total. The zero-order valence-electron chi connectivity index (χ0n) is 17.9. The van der Waals surface area contributed by atoms with Crippen LogP contribution in [0.5, 0.6) is 0 Å². The monoisotopic (exact) mass is 428 g/mol. The van der Waals surface area contributed by atoms with Crippen LogP contribution in [0.1, 0.15) is 51.8 Å². The number of nitrogens with zero attached hydrogens (tertiary/aromatic N) is 7. The molecule has 0 aromatic carbocycles. The fraction of sp³-hybridized carbons (Fsp3) is 0.435. The molecular weight excluding hydrogens is 404 g/mol. The molecule has 0 spiro atoms. The molecule has 0 radical (unpaired) electrons. The zero-order valence-corrected chi connectivity index (χ0v) is 17.9. The largest absolute Gasteiger partial charge is 0.355 e. The summed E-state index contributed by atoms with van der Waals surface area (Å²) in [4.78, 5) is 24.0. The molecule has 3 atom stereocenters. The number of anilines is 1. The lowest BCUT2D eigenvalue weighted by molar-refractivity contribution is 0.0936. The lowest BCUT2D eigenvalue weighted by Gasteiger charge is -2.20. The summed E-state index contributed by atoms with van der Waals surface area (Å²) in [5.74, 6) is 2.20. The van der Waals surface area contributed by atoms with E-state index in [1.54, 1.807) is 23.4 Å². The Kier molecular flexibility index (Phi) is 4.28. The Labute approximate surface area is 185 Å². The van der Waals surface area contributed by atoms with E-state index in [4.69, 9.17) is 0 Å². The summed E-state index contributed by atoms with van der Waals surface area (Å²) in [5, 5.41) is 17.1. The first-order chi connectivity index (χ1) is 15.6. The number of rotatable bonds is 5. The summed E-state index contributed by atoms with van der Waals surface area (Å²) in [6.07, 6.45) is 10.0. The van der Waals surface area contributed by atoms with Crippen molar-refractivity contribution in [1.82, 2.24) is 29.6 Å². The van der Waals surface area contributed by atoms with E-state index >= 15 is 0 Å². The van der Waals surface area contributed by atoms with Crippen molar-refractivity contribution in [1.29, 1.82) is 5.26 Å². The third-order valence-corrected chi connectivity index (χ3v) is 6.96. The predicted octanol–water partition coefficient (Wildman–Crippen LogP) is 1.80.